The lowest BCUT2D eigenvalue weighted by atomic mass is 10.1. The van der Waals surface area contributed by atoms with Crippen molar-refractivity contribution in [2.24, 2.45) is 0 Å². The quantitative estimate of drug-likeness (QED) is 0.801. The summed E-state index contributed by atoms with van der Waals surface area (Å²) in [5.41, 5.74) is 1.64. The highest BCUT2D eigenvalue weighted by atomic mass is 16.5. The van der Waals surface area contributed by atoms with Crippen molar-refractivity contribution in [3.8, 4) is 5.75 Å². The lowest BCUT2D eigenvalue weighted by Crippen LogP contribution is -2.14. The second kappa shape index (κ2) is 6.26. The van der Waals surface area contributed by atoms with E-state index in [4.69, 9.17) is 4.74 Å². The Kier molecular flexibility index (Phi) is 4.01. The number of nitrogens with zero attached hydrogens (tertiary/aromatic N) is 1. The Labute approximate surface area is 128 Å². The summed E-state index contributed by atoms with van der Waals surface area (Å²) in [7, 11) is 1.61. The average Bonchev–Trinajstić information content (AvgIpc) is 2.55. The zero-order valence-electron chi connectivity index (χ0n) is 12.2. The molecule has 1 heterocycles. The molecule has 0 bridgehead atoms. The van der Waals surface area contributed by atoms with E-state index in [1.165, 1.54) is 0 Å². The third-order valence-electron chi connectivity index (χ3n) is 3.44. The summed E-state index contributed by atoms with van der Waals surface area (Å²) in [6.45, 7) is 0. The van der Waals surface area contributed by atoms with Crippen molar-refractivity contribution in [2.75, 3.05) is 12.4 Å². The van der Waals surface area contributed by atoms with Crippen LogP contribution in [0.4, 0.5) is 5.69 Å². The van der Waals surface area contributed by atoms with E-state index in [0.29, 0.717) is 6.42 Å². The van der Waals surface area contributed by atoms with Crippen LogP contribution in [0.5, 0.6) is 5.75 Å². The Balaban J connectivity index is 1.78. The zero-order chi connectivity index (χ0) is 15.4. The Hall–Kier alpha value is -2.88. The number of rotatable bonds is 4. The van der Waals surface area contributed by atoms with Crippen LogP contribution in [0.3, 0.4) is 0 Å². The molecule has 0 aliphatic rings. The van der Waals surface area contributed by atoms with E-state index in [2.05, 4.69) is 10.3 Å². The van der Waals surface area contributed by atoms with E-state index >= 15 is 0 Å². The molecule has 110 valence electrons. The van der Waals surface area contributed by atoms with Crippen molar-refractivity contribution >= 4 is 22.4 Å². The Bertz CT molecular complexity index is 810. The van der Waals surface area contributed by atoms with Gasteiger partial charge in [0.1, 0.15) is 5.75 Å². The van der Waals surface area contributed by atoms with Crippen LogP contribution in [-0.2, 0) is 11.2 Å². The fraction of sp³-hybridized carbons (Fsp3) is 0.111. The van der Waals surface area contributed by atoms with E-state index in [1.54, 1.807) is 19.5 Å². The Morgan fingerprint density at radius 1 is 1.14 bits per heavy atom. The van der Waals surface area contributed by atoms with Gasteiger partial charge in [-0.2, -0.15) is 0 Å². The number of ether oxygens (including phenoxy) is 1. The van der Waals surface area contributed by atoms with Gasteiger partial charge in [-0.1, -0.05) is 36.4 Å². The summed E-state index contributed by atoms with van der Waals surface area (Å²) >= 11 is 0. The van der Waals surface area contributed by atoms with Crippen molar-refractivity contribution in [1.29, 1.82) is 0 Å². The molecular weight excluding hydrogens is 276 g/mol. The van der Waals surface area contributed by atoms with Crippen molar-refractivity contribution in [3.05, 3.63) is 66.5 Å². The van der Waals surface area contributed by atoms with Gasteiger partial charge in [0.25, 0.3) is 0 Å². The maximum atomic E-state index is 12.2. The lowest BCUT2D eigenvalue weighted by molar-refractivity contribution is -0.115. The molecule has 0 aliphatic heterocycles. The first-order chi connectivity index (χ1) is 10.8. The van der Waals surface area contributed by atoms with Gasteiger partial charge in [0.2, 0.25) is 5.91 Å². The van der Waals surface area contributed by atoms with E-state index in [0.717, 1.165) is 27.8 Å². The first kappa shape index (κ1) is 14.1. The van der Waals surface area contributed by atoms with Crippen LogP contribution in [0.15, 0.2) is 60.9 Å². The van der Waals surface area contributed by atoms with Crippen molar-refractivity contribution in [3.63, 3.8) is 0 Å². The van der Waals surface area contributed by atoms with Gasteiger partial charge in [-0.25, -0.2) is 0 Å². The molecule has 0 spiro atoms. The highest BCUT2D eigenvalue weighted by Gasteiger charge is 2.07. The van der Waals surface area contributed by atoms with Crippen LogP contribution in [0.25, 0.3) is 10.8 Å². The second-order valence-corrected chi connectivity index (χ2v) is 4.98. The number of carbonyl (C=O) groups is 1. The SMILES string of the molecule is COc1cccc(CC(=O)Nc2cncc3ccccc23)c1. The molecule has 3 rings (SSSR count). The number of benzene rings is 2. The number of fused-ring (bicyclic) bond motifs is 1. The number of hydrogen-bond donors (Lipinski definition) is 1. The van der Waals surface area contributed by atoms with Gasteiger partial charge in [-0.05, 0) is 17.7 Å². The van der Waals surface area contributed by atoms with E-state index in [-0.39, 0.29) is 5.91 Å². The summed E-state index contributed by atoms with van der Waals surface area (Å²) in [6, 6.07) is 15.3. The molecule has 2 aromatic carbocycles. The van der Waals surface area contributed by atoms with E-state index in [9.17, 15) is 4.79 Å². The third kappa shape index (κ3) is 3.06. The number of carbonyl (C=O) groups excluding carboxylic acids is 1. The minimum atomic E-state index is -0.0774. The summed E-state index contributed by atoms with van der Waals surface area (Å²) in [4.78, 5) is 16.4. The number of pyridine rings is 1. The number of methoxy groups -OCH3 is 1. The van der Waals surface area contributed by atoms with Gasteiger partial charge >= 0.3 is 0 Å². The van der Waals surface area contributed by atoms with Crippen molar-refractivity contribution in [2.45, 2.75) is 6.42 Å². The molecule has 22 heavy (non-hydrogen) atoms. The lowest BCUT2D eigenvalue weighted by Gasteiger charge is -2.09. The predicted molar refractivity (Wildman–Crippen MR) is 87.1 cm³/mol. The minimum Gasteiger partial charge on any atom is -0.497 e. The van der Waals surface area contributed by atoms with Gasteiger partial charge in [-0.15, -0.1) is 0 Å². The number of hydrogen-bond acceptors (Lipinski definition) is 3. The monoisotopic (exact) mass is 292 g/mol. The number of nitrogens with one attached hydrogen (secondary N) is 1. The molecule has 0 saturated heterocycles. The van der Waals surface area contributed by atoms with Gasteiger partial charge in [0.15, 0.2) is 0 Å². The highest BCUT2D eigenvalue weighted by molar-refractivity contribution is 6.02. The molecular formula is C18H16N2O2. The number of aromatic nitrogens is 1. The zero-order valence-corrected chi connectivity index (χ0v) is 12.2. The molecule has 0 saturated carbocycles. The van der Waals surface area contributed by atoms with Crippen molar-refractivity contribution < 1.29 is 9.53 Å². The predicted octanol–water partition coefficient (Wildman–Crippen LogP) is 3.42. The van der Waals surface area contributed by atoms with Crippen LogP contribution < -0.4 is 10.1 Å². The molecule has 0 atom stereocenters. The fourth-order valence-electron chi connectivity index (χ4n) is 2.38. The van der Waals surface area contributed by atoms with Crippen LogP contribution in [0, 0.1) is 0 Å². The summed E-state index contributed by atoms with van der Waals surface area (Å²) in [5.74, 6) is 0.670. The molecule has 1 amide bonds. The summed E-state index contributed by atoms with van der Waals surface area (Å²) in [6.07, 6.45) is 3.75. The normalized spacial score (nSPS) is 10.4. The minimum absolute atomic E-state index is 0.0774. The fourth-order valence-corrected chi connectivity index (χ4v) is 2.38. The molecule has 0 radical (unpaired) electrons. The summed E-state index contributed by atoms with van der Waals surface area (Å²) < 4.78 is 5.17. The first-order valence-corrected chi connectivity index (χ1v) is 7.02. The van der Waals surface area contributed by atoms with E-state index < -0.39 is 0 Å². The van der Waals surface area contributed by atoms with Crippen LogP contribution in [0.1, 0.15) is 5.56 Å². The van der Waals surface area contributed by atoms with Gasteiger partial charge < -0.3 is 10.1 Å². The molecule has 4 heteroatoms. The molecule has 0 aliphatic carbocycles. The Morgan fingerprint density at radius 2 is 2.00 bits per heavy atom. The Morgan fingerprint density at radius 3 is 2.86 bits per heavy atom. The largest absolute Gasteiger partial charge is 0.497 e. The average molecular weight is 292 g/mol. The van der Waals surface area contributed by atoms with Crippen LogP contribution >= 0.6 is 0 Å². The van der Waals surface area contributed by atoms with Gasteiger partial charge in [-0.3, -0.25) is 9.78 Å². The van der Waals surface area contributed by atoms with Crippen LogP contribution in [-0.4, -0.2) is 18.0 Å². The second-order valence-electron chi connectivity index (χ2n) is 4.98. The first-order valence-electron chi connectivity index (χ1n) is 7.02. The van der Waals surface area contributed by atoms with Crippen molar-refractivity contribution in [1.82, 2.24) is 4.98 Å². The standard InChI is InChI=1S/C18H16N2O2/c1-22-15-7-4-5-13(9-15)10-18(21)20-17-12-19-11-14-6-2-3-8-16(14)17/h2-9,11-12H,10H2,1H3,(H,20,21). The maximum Gasteiger partial charge on any atom is 0.228 e. The van der Waals surface area contributed by atoms with E-state index in [1.807, 2.05) is 48.5 Å². The highest BCUT2D eigenvalue weighted by Crippen LogP contribution is 2.22. The maximum absolute atomic E-state index is 12.2. The molecule has 0 fully saturated rings. The molecule has 1 N–H and O–H groups in total. The third-order valence-corrected chi connectivity index (χ3v) is 3.44. The number of anilines is 1. The topological polar surface area (TPSA) is 51.2 Å². The van der Waals surface area contributed by atoms with Gasteiger partial charge in [0.05, 0.1) is 25.4 Å². The molecule has 1 aromatic heterocycles. The van der Waals surface area contributed by atoms with Crippen LogP contribution in [0.2, 0.25) is 0 Å². The van der Waals surface area contributed by atoms with Gasteiger partial charge in [0, 0.05) is 17.0 Å². The molecule has 0 unspecified atom stereocenters. The molecule has 4 nitrogen and oxygen atoms in total. The summed E-state index contributed by atoms with van der Waals surface area (Å²) in [5, 5.41) is 4.91. The molecule has 3 aromatic rings. The smallest absolute Gasteiger partial charge is 0.228 e. The number of amides is 1.